The van der Waals surface area contributed by atoms with Crippen molar-refractivity contribution in [2.24, 2.45) is 11.1 Å². The number of halogens is 1. The van der Waals surface area contributed by atoms with Crippen LogP contribution in [0.2, 0.25) is 0 Å². The first-order valence-electron chi connectivity index (χ1n) is 9.04. The minimum absolute atomic E-state index is 0.00000318. The summed E-state index contributed by atoms with van der Waals surface area (Å²) in [7, 11) is 5.07. The van der Waals surface area contributed by atoms with E-state index >= 15 is 0 Å². The van der Waals surface area contributed by atoms with E-state index in [4.69, 9.17) is 15.2 Å². The number of benzene rings is 1. The number of nitrogens with zero attached hydrogens (tertiary/aromatic N) is 2. The highest BCUT2D eigenvalue weighted by atomic mass is 19.1. The fourth-order valence-corrected chi connectivity index (χ4v) is 4.46. The summed E-state index contributed by atoms with van der Waals surface area (Å²) in [4.78, 5) is 16.8. The van der Waals surface area contributed by atoms with E-state index in [1.807, 2.05) is 0 Å². The summed E-state index contributed by atoms with van der Waals surface area (Å²) >= 11 is 0. The summed E-state index contributed by atoms with van der Waals surface area (Å²) in [5, 5.41) is 0. The minimum atomic E-state index is -0.516. The van der Waals surface area contributed by atoms with Crippen LogP contribution in [-0.2, 0) is 11.3 Å². The van der Waals surface area contributed by atoms with Gasteiger partial charge >= 0.3 is 0 Å². The number of likely N-dealkylation sites (tertiary alicyclic amines) is 2. The summed E-state index contributed by atoms with van der Waals surface area (Å²) in [6.45, 7) is 2.86. The van der Waals surface area contributed by atoms with Crippen LogP contribution < -0.4 is 15.2 Å². The highest BCUT2D eigenvalue weighted by Gasteiger charge is 2.51. The van der Waals surface area contributed by atoms with E-state index in [-0.39, 0.29) is 17.8 Å². The highest BCUT2D eigenvalue weighted by Crippen LogP contribution is 2.43. The van der Waals surface area contributed by atoms with Gasteiger partial charge in [-0.2, -0.15) is 0 Å². The number of hydrogen-bond acceptors (Lipinski definition) is 5. The third kappa shape index (κ3) is 3.25. The highest BCUT2D eigenvalue weighted by molar-refractivity contribution is 5.82. The molecule has 0 unspecified atom stereocenters. The molecule has 1 amide bonds. The lowest BCUT2D eigenvalue weighted by atomic mass is 9.68. The maximum absolute atomic E-state index is 14.6. The molecule has 2 aliphatic rings. The first kappa shape index (κ1) is 18.9. The van der Waals surface area contributed by atoms with Gasteiger partial charge in [-0.1, -0.05) is 0 Å². The van der Waals surface area contributed by atoms with Crippen molar-refractivity contribution in [3.8, 4) is 11.5 Å². The molecule has 3 rings (SSSR count). The third-order valence-electron chi connectivity index (χ3n) is 5.99. The number of carbonyl (C=O) groups excluding carboxylic acids is 1. The van der Waals surface area contributed by atoms with E-state index in [1.54, 1.807) is 6.07 Å². The van der Waals surface area contributed by atoms with Gasteiger partial charge in [0.05, 0.1) is 19.6 Å². The minimum Gasteiger partial charge on any atom is -0.493 e. The number of amides is 1. The van der Waals surface area contributed by atoms with Crippen LogP contribution in [0.3, 0.4) is 0 Å². The van der Waals surface area contributed by atoms with Crippen molar-refractivity contribution in [2.75, 3.05) is 40.9 Å². The summed E-state index contributed by atoms with van der Waals surface area (Å²) in [5.41, 5.74) is 5.85. The molecular weight excluding hydrogens is 337 g/mol. The lowest BCUT2D eigenvalue weighted by Crippen LogP contribution is -2.64. The molecule has 26 heavy (non-hydrogen) atoms. The van der Waals surface area contributed by atoms with Crippen molar-refractivity contribution in [3.05, 3.63) is 23.5 Å². The van der Waals surface area contributed by atoms with Crippen LogP contribution in [-0.4, -0.2) is 62.7 Å². The van der Waals surface area contributed by atoms with Crippen molar-refractivity contribution >= 4 is 5.91 Å². The molecule has 2 fully saturated rings. The van der Waals surface area contributed by atoms with Crippen molar-refractivity contribution in [3.63, 3.8) is 0 Å². The van der Waals surface area contributed by atoms with Gasteiger partial charge in [-0.3, -0.25) is 9.69 Å². The normalized spacial score (nSPS) is 27.0. The summed E-state index contributed by atoms with van der Waals surface area (Å²) in [6, 6.07) is 3.04. The van der Waals surface area contributed by atoms with Gasteiger partial charge in [0, 0.05) is 30.8 Å². The number of ether oxygens (including phenoxy) is 2. The molecule has 0 spiro atoms. The summed E-state index contributed by atoms with van der Waals surface area (Å²) < 4.78 is 25.1. The smallest absolute Gasteiger partial charge is 0.225 e. The Labute approximate surface area is 154 Å². The molecule has 6 nitrogen and oxygen atoms in total. The lowest BCUT2D eigenvalue weighted by molar-refractivity contribution is -0.141. The maximum atomic E-state index is 14.6. The van der Waals surface area contributed by atoms with E-state index in [0.29, 0.717) is 23.6 Å². The molecule has 1 aromatic carbocycles. The first-order chi connectivity index (χ1) is 12.4. The molecule has 0 bridgehead atoms. The van der Waals surface area contributed by atoms with E-state index in [2.05, 4.69) is 16.8 Å². The third-order valence-corrected chi connectivity index (χ3v) is 5.99. The van der Waals surface area contributed by atoms with Gasteiger partial charge in [0.15, 0.2) is 11.5 Å². The molecule has 2 saturated heterocycles. The molecule has 0 aromatic heterocycles. The lowest BCUT2D eigenvalue weighted by Gasteiger charge is -2.53. The predicted octanol–water partition coefficient (Wildman–Crippen LogP) is 1.61. The Kier molecular flexibility index (Phi) is 5.39. The topological polar surface area (TPSA) is 68.0 Å². The molecule has 1 aromatic rings. The molecule has 2 atom stereocenters. The van der Waals surface area contributed by atoms with Crippen LogP contribution in [0.15, 0.2) is 12.1 Å². The standard InChI is InChI=1S/C19H28FN3O3/c1-22-8-6-19(18(21)24)5-4-7-23(17(19)12-22)11-13-9-15(25-2)16(26-3)10-14(13)20/h9-10,17H,4-8,11-12H2,1-3H3,(H2,21,24)/t17-,19+/m0/s1. The average molecular weight is 365 g/mol. The van der Waals surface area contributed by atoms with E-state index in [1.165, 1.54) is 20.3 Å². The largest absolute Gasteiger partial charge is 0.493 e. The van der Waals surface area contributed by atoms with Crippen molar-refractivity contribution in [1.29, 1.82) is 0 Å². The number of fused-ring (bicyclic) bond motifs is 1. The number of carbonyl (C=O) groups is 1. The number of likely N-dealkylation sites (N-methyl/N-ethyl adjacent to an activating group) is 1. The van der Waals surface area contributed by atoms with Crippen molar-refractivity contribution < 1.29 is 18.7 Å². The molecular formula is C19H28FN3O3. The van der Waals surface area contributed by atoms with Crippen LogP contribution in [0.25, 0.3) is 0 Å². The molecule has 2 aliphatic heterocycles. The monoisotopic (exact) mass is 365 g/mol. The number of piperidine rings is 2. The second-order valence-corrected chi connectivity index (χ2v) is 7.42. The zero-order valence-corrected chi connectivity index (χ0v) is 15.8. The van der Waals surface area contributed by atoms with E-state index < -0.39 is 5.41 Å². The van der Waals surface area contributed by atoms with E-state index in [9.17, 15) is 9.18 Å². The summed E-state index contributed by atoms with van der Waals surface area (Å²) in [5.74, 6) is 0.314. The number of nitrogens with two attached hydrogens (primary N) is 1. The van der Waals surface area contributed by atoms with Crippen LogP contribution >= 0.6 is 0 Å². The Hall–Kier alpha value is -1.86. The quantitative estimate of drug-likeness (QED) is 0.859. The Bertz CT molecular complexity index is 684. The van der Waals surface area contributed by atoms with Crippen LogP contribution in [0.5, 0.6) is 11.5 Å². The van der Waals surface area contributed by atoms with Gasteiger partial charge in [-0.15, -0.1) is 0 Å². The molecule has 0 radical (unpaired) electrons. The van der Waals surface area contributed by atoms with Gasteiger partial charge in [0.2, 0.25) is 5.91 Å². The van der Waals surface area contributed by atoms with Crippen LogP contribution in [0, 0.1) is 11.2 Å². The predicted molar refractivity (Wildman–Crippen MR) is 96.7 cm³/mol. The molecule has 144 valence electrons. The van der Waals surface area contributed by atoms with Crippen LogP contribution in [0.1, 0.15) is 24.8 Å². The van der Waals surface area contributed by atoms with Gasteiger partial charge in [-0.25, -0.2) is 4.39 Å². The van der Waals surface area contributed by atoms with E-state index in [0.717, 1.165) is 38.9 Å². The maximum Gasteiger partial charge on any atom is 0.225 e. The Morgan fingerprint density at radius 1 is 1.27 bits per heavy atom. The zero-order valence-electron chi connectivity index (χ0n) is 15.8. The average Bonchev–Trinajstić information content (AvgIpc) is 2.63. The second-order valence-electron chi connectivity index (χ2n) is 7.42. The first-order valence-corrected chi connectivity index (χ1v) is 9.04. The molecule has 0 aliphatic carbocycles. The Morgan fingerprint density at radius 3 is 2.62 bits per heavy atom. The van der Waals surface area contributed by atoms with Crippen LogP contribution in [0.4, 0.5) is 4.39 Å². The molecule has 2 N–H and O–H groups in total. The van der Waals surface area contributed by atoms with Gasteiger partial charge in [0.1, 0.15) is 5.82 Å². The number of hydrogen-bond donors (Lipinski definition) is 1. The number of rotatable bonds is 5. The second kappa shape index (κ2) is 7.40. The molecule has 2 heterocycles. The fourth-order valence-electron chi connectivity index (χ4n) is 4.46. The zero-order chi connectivity index (χ0) is 18.9. The number of methoxy groups -OCH3 is 2. The van der Waals surface area contributed by atoms with Crippen molar-refractivity contribution in [2.45, 2.75) is 31.8 Å². The Balaban J connectivity index is 1.90. The molecule has 0 saturated carbocycles. The van der Waals surface area contributed by atoms with Gasteiger partial charge < -0.3 is 20.1 Å². The van der Waals surface area contributed by atoms with Crippen molar-refractivity contribution in [1.82, 2.24) is 9.80 Å². The number of primary amides is 1. The van der Waals surface area contributed by atoms with Gasteiger partial charge in [0.25, 0.3) is 0 Å². The fraction of sp³-hybridized carbons (Fsp3) is 0.632. The Morgan fingerprint density at radius 2 is 1.96 bits per heavy atom. The summed E-state index contributed by atoms with van der Waals surface area (Å²) in [6.07, 6.45) is 2.46. The van der Waals surface area contributed by atoms with Gasteiger partial charge in [-0.05, 0) is 45.5 Å². The SMILES string of the molecule is COc1cc(F)c(CN2CCC[C@@]3(C(N)=O)CCN(C)C[C@H]23)cc1OC. The molecule has 7 heteroatoms.